The molecular weight excluding hydrogens is 446 g/mol. The zero-order valence-electron chi connectivity index (χ0n) is 14.1. The first-order valence-corrected chi connectivity index (χ1v) is 8.98. The zero-order chi connectivity index (χ0) is 20.3. The Kier molecular flexibility index (Phi) is 6.50. The number of imide groups is 1. The summed E-state index contributed by atoms with van der Waals surface area (Å²) in [6, 6.07) is 1.77. The Hall–Kier alpha value is -2.53. The third-order valence-electron chi connectivity index (χ3n) is 3.46. The number of thioether (sulfide) groups is 1. The summed E-state index contributed by atoms with van der Waals surface area (Å²) in [7, 11) is 1.36. The van der Waals surface area contributed by atoms with Crippen molar-refractivity contribution >= 4 is 56.9 Å². The molecule has 0 aliphatic carbocycles. The Labute approximate surface area is 166 Å². The Bertz CT molecular complexity index is 853. The number of carboxylic acid groups (broad SMARTS) is 2. The first-order valence-electron chi connectivity index (χ1n) is 7.37. The van der Waals surface area contributed by atoms with Gasteiger partial charge in [0.05, 0.1) is 16.5 Å². The maximum absolute atomic E-state index is 12.4. The number of rotatable bonds is 7. The van der Waals surface area contributed by atoms with Gasteiger partial charge >= 0.3 is 11.9 Å². The first kappa shape index (κ1) is 20.8. The number of benzene rings is 1. The molecule has 1 aromatic rings. The monoisotopic (exact) mass is 459 g/mol. The van der Waals surface area contributed by atoms with Crippen LogP contribution in [0, 0.1) is 0 Å². The SMILES string of the molecule is COc1cc(/C=C2/SC(=O)N([C@@H](C)C(=O)O)C2=O)cc(Br)c1OCC(=O)O. The zero-order valence-corrected chi connectivity index (χ0v) is 16.5. The molecule has 0 bridgehead atoms. The van der Waals surface area contributed by atoms with Gasteiger partial charge < -0.3 is 19.7 Å². The van der Waals surface area contributed by atoms with Gasteiger partial charge in [-0.15, -0.1) is 0 Å². The lowest BCUT2D eigenvalue weighted by Gasteiger charge is -2.16. The molecule has 1 aromatic carbocycles. The molecule has 2 rings (SSSR count). The van der Waals surface area contributed by atoms with E-state index >= 15 is 0 Å². The quantitative estimate of drug-likeness (QED) is 0.589. The fourth-order valence-electron chi connectivity index (χ4n) is 2.17. The topological polar surface area (TPSA) is 130 Å². The van der Waals surface area contributed by atoms with Crippen molar-refractivity contribution in [1.82, 2.24) is 4.90 Å². The normalized spacial score (nSPS) is 16.6. The van der Waals surface area contributed by atoms with Gasteiger partial charge in [0.1, 0.15) is 6.04 Å². The number of hydrogen-bond donors (Lipinski definition) is 2. The molecule has 27 heavy (non-hydrogen) atoms. The molecule has 2 N–H and O–H groups in total. The third kappa shape index (κ3) is 4.61. The number of aliphatic carboxylic acids is 2. The number of halogens is 1. The van der Waals surface area contributed by atoms with E-state index in [0.717, 1.165) is 0 Å². The number of hydrogen-bond acceptors (Lipinski definition) is 7. The number of ether oxygens (including phenoxy) is 2. The second kappa shape index (κ2) is 8.44. The van der Waals surface area contributed by atoms with Crippen LogP contribution in [0.3, 0.4) is 0 Å². The van der Waals surface area contributed by atoms with Gasteiger partial charge in [-0.25, -0.2) is 9.59 Å². The number of carbonyl (C=O) groups excluding carboxylic acids is 2. The van der Waals surface area contributed by atoms with Gasteiger partial charge in [-0.3, -0.25) is 14.5 Å². The van der Waals surface area contributed by atoms with E-state index in [1.807, 2.05) is 0 Å². The highest BCUT2D eigenvalue weighted by Crippen LogP contribution is 2.39. The van der Waals surface area contributed by atoms with E-state index in [9.17, 15) is 19.2 Å². The van der Waals surface area contributed by atoms with Gasteiger partial charge in [-0.05, 0) is 58.4 Å². The van der Waals surface area contributed by atoms with Crippen LogP contribution in [0.1, 0.15) is 12.5 Å². The maximum atomic E-state index is 12.4. The number of amides is 2. The average Bonchev–Trinajstić information content (AvgIpc) is 2.86. The molecule has 0 spiro atoms. The van der Waals surface area contributed by atoms with Gasteiger partial charge in [0.25, 0.3) is 11.1 Å². The van der Waals surface area contributed by atoms with Crippen molar-refractivity contribution < 1.29 is 38.9 Å². The molecule has 1 atom stereocenters. The lowest BCUT2D eigenvalue weighted by Crippen LogP contribution is -2.41. The number of nitrogens with zero attached hydrogens (tertiary/aromatic N) is 1. The summed E-state index contributed by atoms with van der Waals surface area (Å²) in [5.41, 5.74) is 0.467. The summed E-state index contributed by atoms with van der Waals surface area (Å²) in [6.07, 6.45) is 1.41. The molecule has 144 valence electrons. The average molecular weight is 460 g/mol. The summed E-state index contributed by atoms with van der Waals surface area (Å²) in [5.74, 6) is -2.77. The minimum Gasteiger partial charge on any atom is -0.493 e. The number of carboxylic acids is 2. The largest absolute Gasteiger partial charge is 0.493 e. The lowest BCUT2D eigenvalue weighted by atomic mass is 10.1. The summed E-state index contributed by atoms with van der Waals surface area (Å²) in [4.78, 5) is 46.8. The van der Waals surface area contributed by atoms with Crippen molar-refractivity contribution in [2.75, 3.05) is 13.7 Å². The van der Waals surface area contributed by atoms with Gasteiger partial charge in [0, 0.05) is 0 Å². The van der Waals surface area contributed by atoms with Crippen molar-refractivity contribution in [3.63, 3.8) is 0 Å². The summed E-state index contributed by atoms with van der Waals surface area (Å²) >= 11 is 3.88. The summed E-state index contributed by atoms with van der Waals surface area (Å²) in [5, 5.41) is 17.1. The van der Waals surface area contributed by atoms with E-state index in [4.69, 9.17) is 19.7 Å². The van der Waals surface area contributed by atoms with Crippen LogP contribution in [0.25, 0.3) is 6.08 Å². The lowest BCUT2D eigenvalue weighted by molar-refractivity contribution is -0.145. The van der Waals surface area contributed by atoms with Crippen LogP contribution in [0.4, 0.5) is 4.79 Å². The molecule has 1 aliphatic heterocycles. The molecule has 0 unspecified atom stereocenters. The predicted molar refractivity (Wildman–Crippen MR) is 98.7 cm³/mol. The van der Waals surface area contributed by atoms with Crippen LogP contribution in [-0.4, -0.2) is 58.0 Å². The summed E-state index contributed by atoms with van der Waals surface area (Å²) in [6.45, 7) is 0.677. The summed E-state index contributed by atoms with van der Waals surface area (Å²) < 4.78 is 10.7. The van der Waals surface area contributed by atoms with Crippen LogP contribution in [-0.2, 0) is 14.4 Å². The Morgan fingerprint density at radius 1 is 1.33 bits per heavy atom. The Morgan fingerprint density at radius 3 is 2.56 bits per heavy atom. The van der Waals surface area contributed by atoms with Crippen molar-refractivity contribution in [1.29, 1.82) is 0 Å². The molecule has 2 amide bonds. The molecule has 11 heteroatoms. The smallest absolute Gasteiger partial charge is 0.341 e. The van der Waals surface area contributed by atoms with Crippen LogP contribution in [0.15, 0.2) is 21.5 Å². The van der Waals surface area contributed by atoms with Crippen molar-refractivity contribution in [3.8, 4) is 11.5 Å². The molecule has 1 saturated heterocycles. The molecule has 0 radical (unpaired) electrons. The van der Waals surface area contributed by atoms with Gasteiger partial charge in [-0.1, -0.05) is 0 Å². The Balaban J connectivity index is 2.35. The van der Waals surface area contributed by atoms with E-state index in [0.29, 0.717) is 26.7 Å². The molecule has 1 fully saturated rings. The minimum atomic E-state index is -1.29. The first-order chi connectivity index (χ1) is 12.6. The highest BCUT2D eigenvalue weighted by Gasteiger charge is 2.40. The third-order valence-corrected chi connectivity index (χ3v) is 4.93. The van der Waals surface area contributed by atoms with Crippen LogP contribution in [0.5, 0.6) is 11.5 Å². The Morgan fingerprint density at radius 2 is 2.00 bits per heavy atom. The molecule has 1 heterocycles. The van der Waals surface area contributed by atoms with E-state index in [1.165, 1.54) is 26.2 Å². The van der Waals surface area contributed by atoms with Crippen LogP contribution < -0.4 is 9.47 Å². The highest BCUT2D eigenvalue weighted by molar-refractivity contribution is 9.10. The standard InChI is InChI=1S/C16H14BrNO8S/c1-7(15(22)23)18-14(21)11(27-16(18)24)5-8-3-9(17)13(10(4-8)25-2)26-6-12(19)20/h3-5,7H,6H2,1-2H3,(H,19,20)(H,22,23)/b11-5+/t7-/m0/s1. The predicted octanol–water partition coefficient (Wildman–Crippen LogP) is 2.43. The van der Waals surface area contributed by atoms with Crippen molar-refractivity contribution in [3.05, 3.63) is 27.1 Å². The van der Waals surface area contributed by atoms with Crippen LogP contribution >= 0.6 is 27.7 Å². The fourth-order valence-corrected chi connectivity index (χ4v) is 3.65. The molecular formula is C16H14BrNO8S. The second-order valence-corrected chi connectivity index (χ2v) is 7.13. The maximum Gasteiger partial charge on any atom is 0.341 e. The minimum absolute atomic E-state index is 0.0567. The van der Waals surface area contributed by atoms with Gasteiger partial charge in [0.2, 0.25) is 0 Å². The number of methoxy groups -OCH3 is 1. The fraction of sp³-hybridized carbons (Fsp3) is 0.250. The van der Waals surface area contributed by atoms with Gasteiger partial charge in [-0.2, -0.15) is 0 Å². The molecule has 9 nitrogen and oxygen atoms in total. The van der Waals surface area contributed by atoms with Crippen molar-refractivity contribution in [2.45, 2.75) is 13.0 Å². The number of carbonyl (C=O) groups is 4. The molecule has 1 aliphatic rings. The van der Waals surface area contributed by atoms with Crippen molar-refractivity contribution in [2.24, 2.45) is 0 Å². The van der Waals surface area contributed by atoms with Gasteiger partial charge in [0.15, 0.2) is 18.1 Å². The van der Waals surface area contributed by atoms with E-state index in [1.54, 1.807) is 6.07 Å². The van der Waals surface area contributed by atoms with Crippen LogP contribution in [0.2, 0.25) is 0 Å². The highest BCUT2D eigenvalue weighted by atomic mass is 79.9. The van der Waals surface area contributed by atoms with E-state index < -0.39 is 35.7 Å². The molecule has 0 saturated carbocycles. The van der Waals surface area contributed by atoms with E-state index in [2.05, 4.69) is 15.9 Å². The van der Waals surface area contributed by atoms with E-state index in [-0.39, 0.29) is 16.4 Å². The molecule has 0 aromatic heterocycles. The second-order valence-electron chi connectivity index (χ2n) is 5.28.